The van der Waals surface area contributed by atoms with E-state index in [-0.39, 0.29) is 12.4 Å². The summed E-state index contributed by atoms with van der Waals surface area (Å²) in [5.41, 5.74) is 0.685. The monoisotopic (exact) mass is 632 g/mol. The van der Waals surface area contributed by atoms with Gasteiger partial charge in [-0.1, -0.05) is 30.3 Å². The molecule has 44 heavy (non-hydrogen) atoms. The van der Waals surface area contributed by atoms with Gasteiger partial charge in [0.25, 0.3) is 0 Å². The SMILES string of the molecule is CC(C)(C)OC(=O)CCOCCOCCOCCOCCOCCOCCOCCOCCOCCOCc1ccccc1. The molecule has 0 unspecified atom stereocenters. The maximum Gasteiger partial charge on any atom is 0.308 e. The Morgan fingerprint density at radius 2 is 0.750 bits per heavy atom. The number of hydrogen-bond acceptors (Lipinski definition) is 12. The van der Waals surface area contributed by atoms with Crippen LogP contribution in [0.1, 0.15) is 32.8 Å². The summed E-state index contributed by atoms with van der Waals surface area (Å²) >= 11 is 0. The van der Waals surface area contributed by atoms with E-state index >= 15 is 0 Å². The van der Waals surface area contributed by atoms with E-state index in [0.717, 1.165) is 5.56 Å². The normalized spacial score (nSPS) is 11.7. The lowest BCUT2D eigenvalue weighted by atomic mass is 10.2. The molecule has 0 aliphatic carbocycles. The molecule has 0 aliphatic rings. The fourth-order valence-electron chi connectivity index (χ4n) is 3.29. The average Bonchev–Trinajstić information content (AvgIpc) is 2.99. The molecule has 0 atom stereocenters. The van der Waals surface area contributed by atoms with Crippen LogP contribution in [0, 0.1) is 0 Å². The van der Waals surface area contributed by atoms with E-state index in [2.05, 4.69) is 0 Å². The third-order valence-electron chi connectivity index (χ3n) is 5.33. The van der Waals surface area contributed by atoms with Crippen molar-refractivity contribution in [2.45, 2.75) is 39.4 Å². The van der Waals surface area contributed by atoms with E-state index < -0.39 is 5.60 Å². The van der Waals surface area contributed by atoms with E-state index in [1.165, 1.54) is 0 Å². The predicted molar refractivity (Wildman–Crippen MR) is 164 cm³/mol. The van der Waals surface area contributed by atoms with Crippen molar-refractivity contribution in [1.82, 2.24) is 0 Å². The minimum Gasteiger partial charge on any atom is -0.460 e. The lowest BCUT2D eigenvalue weighted by Gasteiger charge is -2.19. The maximum atomic E-state index is 11.6. The molecule has 0 N–H and O–H groups in total. The Balaban J connectivity index is 1.64. The van der Waals surface area contributed by atoms with Crippen molar-refractivity contribution in [3.63, 3.8) is 0 Å². The van der Waals surface area contributed by atoms with Gasteiger partial charge in [-0.3, -0.25) is 4.79 Å². The first-order valence-electron chi connectivity index (χ1n) is 15.5. The van der Waals surface area contributed by atoms with Gasteiger partial charge >= 0.3 is 5.97 Å². The van der Waals surface area contributed by atoms with Crippen LogP contribution in [0.25, 0.3) is 0 Å². The Bertz CT molecular complexity index is 744. The molecule has 0 saturated carbocycles. The van der Waals surface area contributed by atoms with E-state index in [1.54, 1.807) is 0 Å². The van der Waals surface area contributed by atoms with Crippen LogP contribution in [0.5, 0.6) is 0 Å². The van der Waals surface area contributed by atoms with Crippen molar-refractivity contribution < 1.29 is 56.9 Å². The van der Waals surface area contributed by atoms with Crippen molar-refractivity contribution in [1.29, 1.82) is 0 Å². The Morgan fingerprint density at radius 1 is 0.455 bits per heavy atom. The summed E-state index contributed by atoms with van der Waals surface area (Å²) in [7, 11) is 0. The van der Waals surface area contributed by atoms with Crippen LogP contribution >= 0.6 is 0 Å². The molecule has 0 saturated heterocycles. The Labute approximate surface area is 263 Å². The van der Waals surface area contributed by atoms with Crippen LogP contribution in [-0.4, -0.2) is 137 Å². The smallest absolute Gasteiger partial charge is 0.308 e. The molecule has 1 aromatic rings. The van der Waals surface area contributed by atoms with Gasteiger partial charge in [-0.05, 0) is 26.3 Å². The summed E-state index contributed by atoms with van der Waals surface area (Å²) < 4.78 is 59.9. The lowest BCUT2D eigenvalue weighted by molar-refractivity contribution is -0.156. The predicted octanol–water partition coefficient (Wildman–Crippen LogP) is 3.08. The summed E-state index contributed by atoms with van der Waals surface area (Å²) in [6.45, 7) is 15.5. The third-order valence-corrected chi connectivity index (χ3v) is 5.33. The maximum absolute atomic E-state index is 11.6. The van der Waals surface area contributed by atoms with E-state index in [1.807, 2.05) is 51.1 Å². The molecule has 1 aromatic carbocycles. The van der Waals surface area contributed by atoms with Gasteiger partial charge in [0.2, 0.25) is 0 Å². The molecule has 0 spiro atoms. The minimum absolute atomic E-state index is 0.234. The Morgan fingerprint density at radius 3 is 1.07 bits per heavy atom. The first kappa shape index (κ1) is 40.3. The van der Waals surface area contributed by atoms with Gasteiger partial charge in [0, 0.05) is 0 Å². The second-order valence-corrected chi connectivity index (χ2v) is 10.4. The highest BCUT2D eigenvalue weighted by molar-refractivity contribution is 5.69. The number of benzene rings is 1. The summed E-state index contributed by atoms with van der Waals surface area (Å²) in [4.78, 5) is 11.6. The summed E-state index contributed by atoms with van der Waals surface area (Å²) in [6, 6.07) is 10.1. The second-order valence-electron chi connectivity index (χ2n) is 10.4. The van der Waals surface area contributed by atoms with Gasteiger partial charge in [-0.2, -0.15) is 0 Å². The zero-order chi connectivity index (χ0) is 31.8. The summed E-state index contributed by atoms with van der Waals surface area (Å²) in [5.74, 6) is -0.263. The van der Waals surface area contributed by atoms with Gasteiger partial charge in [-0.15, -0.1) is 0 Å². The van der Waals surface area contributed by atoms with Gasteiger partial charge < -0.3 is 52.1 Å². The molecule has 0 radical (unpaired) electrons. The van der Waals surface area contributed by atoms with Crippen LogP contribution in [0.2, 0.25) is 0 Å². The summed E-state index contributed by atoms with van der Waals surface area (Å²) in [5, 5.41) is 0. The highest BCUT2D eigenvalue weighted by Crippen LogP contribution is 2.08. The van der Waals surface area contributed by atoms with Crippen molar-refractivity contribution in [2.24, 2.45) is 0 Å². The van der Waals surface area contributed by atoms with Crippen molar-refractivity contribution in [2.75, 3.05) is 126 Å². The molecule has 0 aromatic heterocycles. The van der Waals surface area contributed by atoms with Gasteiger partial charge in [0.1, 0.15) is 5.60 Å². The van der Waals surface area contributed by atoms with Crippen LogP contribution in [0.3, 0.4) is 0 Å². The molecule has 12 heteroatoms. The number of ether oxygens (including phenoxy) is 11. The molecular formula is C32H56O12. The minimum atomic E-state index is -0.472. The van der Waals surface area contributed by atoms with Crippen molar-refractivity contribution in [3.8, 4) is 0 Å². The summed E-state index contributed by atoms with van der Waals surface area (Å²) in [6.07, 6.45) is 0.234. The van der Waals surface area contributed by atoms with E-state index in [0.29, 0.717) is 132 Å². The standard InChI is InChI=1S/C32H56O12/c1-32(2,3)44-31(33)9-10-34-11-12-35-13-14-36-15-16-37-17-18-38-19-20-39-21-22-40-23-24-41-25-26-42-27-28-43-29-30-7-5-4-6-8-30/h4-8H,9-29H2,1-3H3. The van der Waals surface area contributed by atoms with Crippen LogP contribution in [0.4, 0.5) is 0 Å². The fourth-order valence-corrected chi connectivity index (χ4v) is 3.29. The highest BCUT2D eigenvalue weighted by atomic mass is 16.6. The number of rotatable bonds is 32. The number of carbonyl (C=O) groups is 1. The van der Waals surface area contributed by atoms with Crippen LogP contribution in [-0.2, 0) is 63.5 Å². The number of carbonyl (C=O) groups excluding carboxylic acids is 1. The van der Waals surface area contributed by atoms with Gasteiger partial charge in [0.05, 0.1) is 139 Å². The molecule has 12 nitrogen and oxygen atoms in total. The van der Waals surface area contributed by atoms with Gasteiger partial charge in [0.15, 0.2) is 0 Å². The van der Waals surface area contributed by atoms with E-state index in [4.69, 9.17) is 52.1 Å². The Hall–Kier alpha value is -1.71. The topological polar surface area (TPSA) is 119 Å². The largest absolute Gasteiger partial charge is 0.460 e. The zero-order valence-electron chi connectivity index (χ0n) is 27.1. The van der Waals surface area contributed by atoms with E-state index in [9.17, 15) is 4.79 Å². The third kappa shape index (κ3) is 30.3. The molecule has 0 aliphatic heterocycles. The van der Waals surface area contributed by atoms with Crippen molar-refractivity contribution >= 4 is 5.97 Å². The molecule has 0 amide bonds. The molecular weight excluding hydrogens is 576 g/mol. The molecule has 256 valence electrons. The first-order valence-corrected chi connectivity index (χ1v) is 15.5. The highest BCUT2D eigenvalue weighted by Gasteiger charge is 2.15. The Kier molecular flexibility index (Phi) is 27.5. The number of hydrogen-bond donors (Lipinski definition) is 0. The first-order chi connectivity index (χ1) is 21.5. The van der Waals surface area contributed by atoms with Gasteiger partial charge in [-0.25, -0.2) is 0 Å². The average molecular weight is 633 g/mol. The molecule has 0 fully saturated rings. The lowest BCUT2D eigenvalue weighted by Crippen LogP contribution is -2.24. The molecule has 0 heterocycles. The fraction of sp³-hybridized carbons (Fsp3) is 0.781. The molecule has 0 bridgehead atoms. The molecule has 1 rings (SSSR count). The quantitative estimate of drug-likeness (QED) is 0.0858. The zero-order valence-corrected chi connectivity index (χ0v) is 27.1. The van der Waals surface area contributed by atoms with Crippen LogP contribution < -0.4 is 0 Å². The van der Waals surface area contributed by atoms with Crippen LogP contribution in [0.15, 0.2) is 30.3 Å². The van der Waals surface area contributed by atoms with Crippen molar-refractivity contribution in [3.05, 3.63) is 35.9 Å². The number of esters is 1. The second kappa shape index (κ2) is 30.0.